The van der Waals surface area contributed by atoms with Crippen molar-refractivity contribution in [1.82, 2.24) is 5.32 Å². The summed E-state index contributed by atoms with van der Waals surface area (Å²) in [6, 6.07) is 15.0. The molecular weight excluding hydrogens is 250 g/mol. The highest BCUT2D eigenvalue weighted by Crippen LogP contribution is 2.23. The van der Waals surface area contributed by atoms with E-state index in [1.165, 1.54) is 23.4 Å². The summed E-state index contributed by atoms with van der Waals surface area (Å²) in [6.45, 7) is 2.96. The molecule has 1 N–H and O–H groups in total. The van der Waals surface area contributed by atoms with Crippen molar-refractivity contribution in [3.8, 4) is 0 Å². The summed E-state index contributed by atoms with van der Waals surface area (Å²) in [5.74, 6) is -0.149. The molecule has 0 radical (unpaired) electrons. The molecule has 0 saturated carbocycles. The zero-order valence-electron chi connectivity index (χ0n) is 12.1. The Bertz CT molecular complexity index is 575. The van der Waals surface area contributed by atoms with Gasteiger partial charge in [-0.05, 0) is 36.2 Å². The largest absolute Gasteiger partial charge is 0.469 e. The third-order valence-electron chi connectivity index (χ3n) is 3.53. The standard InChI is InChI=1S/C17H21NO2/c1-13(18-12-6-11-17(19)20-2)15-10-5-8-14-7-3-4-9-16(14)15/h3-5,7-10,13,18H,6,11-12H2,1-2H3. The first kappa shape index (κ1) is 14.5. The number of ether oxygens (including phenoxy) is 1. The first-order valence-electron chi connectivity index (χ1n) is 7.00. The molecule has 0 aliphatic heterocycles. The van der Waals surface area contributed by atoms with E-state index in [9.17, 15) is 4.79 Å². The number of hydrogen-bond acceptors (Lipinski definition) is 3. The van der Waals surface area contributed by atoms with Gasteiger partial charge in [0.05, 0.1) is 7.11 Å². The van der Waals surface area contributed by atoms with Crippen LogP contribution in [0.25, 0.3) is 10.8 Å². The summed E-state index contributed by atoms with van der Waals surface area (Å²) in [6.07, 6.45) is 1.26. The molecule has 0 saturated heterocycles. The third-order valence-corrected chi connectivity index (χ3v) is 3.53. The molecule has 3 heteroatoms. The van der Waals surface area contributed by atoms with Crippen molar-refractivity contribution in [1.29, 1.82) is 0 Å². The maximum Gasteiger partial charge on any atom is 0.305 e. The van der Waals surface area contributed by atoms with Crippen LogP contribution in [0, 0.1) is 0 Å². The maximum atomic E-state index is 11.1. The Morgan fingerprint density at radius 1 is 1.20 bits per heavy atom. The van der Waals surface area contributed by atoms with Gasteiger partial charge in [-0.3, -0.25) is 4.79 Å². The van der Waals surface area contributed by atoms with Crippen LogP contribution in [0.15, 0.2) is 42.5 Å². The van der Waals surface area contributed by atoms with Crippen molar-refractivity contribution in [3.63, 3.8) is 0 Å². The lowest BCUT2D eigenvalue weighted by Gasteiger charge is -2.16. The first-order chi connectivity index (χ1) is 9.72. The number of rotatable bonds is 6. The zero-order chi connectivity index (χ0) is 14.4. The Balaban J connectivity index is 1.97. The Morgan fingerprint density at radius 2 is 1.95 bits per heavy atom. The van der Waals surface area contributed by atoms with Crippen molar-refractivity contribution in [3.05, 3.63) is 48.0 Å². The summed E-state index contributed by atoms with van der Waals surface area (Å²) in [5, 5.41) is 6.00. The van der Waals surface area contributed by atoms with Crippen LogP contribution < -0.4 is 5.32 Å². The lowest BCUT2D eigenvalue weighted by atomic mass is 9.99. The average molecular weight is 271 g/mol. The van der Waals surface area contributed by atoms with Crippen LogP contribution in [-0.2, 0) is 9.53 Å². The van der Waals surface area contributed by atoms with Crippen LogP contribution in [0.5, 0.6) is 0 Å². The van der Waals surface area contributed by atoms with Crippen LogP contribution in [0.2, 0.25) is 0 Å². The normalized spacial score (nSPS) is 12.3. The number of benzene rings is 2. The molecule has 0 heterocycles. The third kappa shape index (κ3) is 3.58. The van der Waals surface area contributed by atoms with E-state index >= 15 is 0 Å². The fourth-order valence-corrected chi connectivity index (χ4v) is 2.39. The average Bonchev–Trinajstić information content (AvgIpc) is 2.50. The van der Waals surface area contributed by atoms with E-state index in [0.29, 0.717) is 6.42 Å². The molecule has 2 rings (SSSR count). The molecule has 0 amide bonds. The van der Waals surface area contributed by atoms with Gasteiger partial charge < -0.3 is 10.1 Å². The van der Waals surface area contributed by atoms with E-state index in [-0.39, 0.29) is 12.0 Å². The molecule has 3 nitrogen and oxygen atoms in total. The van der Waals surface area contributed by atoms with Gasteiger partial charge in [0.2, 0.25) is 0 Å². The lowest BCUT2D eigenvalue weighted by Crippen LogP contribution is -2.20. The van der Waals surface area contributed by atoms with Gasteiger partial charge >= 0.3 is 5.97 Å². The van der Waals surface area contributed by atoms with Crippen molar-refractivity contribution < 1.29 is 9.53 Å². The fraction of sp³-hybridized carbons (Fsp3) is 0.353. The predicted octanol–water partition coefficient (Wildman–Crippen LogP) is 3.44. The Morgan fingerprint density at radius 3 is 2.75 bits per heavy atom. The maximum absolute atomic E-state index is 11.1. The van der Waals surface area contributed by atoms with E-state index in [1.807, 2.05) is 0 Å². The van der Waals surface area contributed by atoms with Crippen molar-refractivity contribution in [2.45, 2.75) is 25.8 Å². The topological polar surface area (TPSA) is 38.3 Å². The van der Waals surface area contributed by atoms with Gasteiger partial charge in [-0.1, -0.05) is 42.5 Å². The lowest BCUT2D eigenvalue weighted by molar-refractivity contribution is -0.140. The van der Waals surface area contributed by atoms with Crippen molar-refractivity contribution in [2.24, 2.45) is 0 Å². The molecule has 2 aromatic carbocycles. The summed E-state index contributed by atoms with van der Waals surface area (Å²) in [4.78, 5) is 11.1. The van der Waals surface area contributed by atoms with Gasteiger partial charge in [0.15, 0.2) is 0 Å². The predicted molar refractivity (Wildman–Crippen MR) is 81.6 cm³/mol. The Labute approximate surface area is 119 Å². The Kier molecular flexibility index (Phi) is 5.13. The highest BCUT2D eigenvalue weighted by atomic mass is 16.5. The van der Waals surface area contributed by atoms with E-state index < -0.39 is 0 Å². The molecule has 20 heavy (non-hydrogen) atoms. The van der Waals surface area contributed by atoms with Gasteiger partial charge in [0.1, 0.15) is 0 Å². The molecule has 0 aliphatic rings. The number of carbonyl (C=O) groups excluding carboxylic acids is 1. The summed E-state index contributed by atoms with van der Waals surface area (Å²) in [7, 11) is 1.43. The number of hydrogen-bond donors (Lipinski definition) is 1. The summed E-state index contributed by atoms with van der Waals surface area (Å²) < 4.78 is 4.63. The number of esters is 1. The molecule has 1 atom stereocenters. The molecule has 0 aliphatic carbocycles. The number of fused-ring (bicyclic) bond motifs is 1. The highest BCUT2D eigenvalue weighted by Gasteiger charge is 2.08. The first-order valence-corrected chi connectivity index (χ1v) is 7.00. The van der Waals surface area contributed by atoms with Crippen molar-refractivity contribution >= 4 is 16.7 Å². The van der Waals surface area contributed by atoms with Crippen LogP contribution in [-0.4, -0.2) is 19.6 Å². The number of carbonyl (C=O) groups is 1. The fourth-order valence-electron chi connectivity index (χ4n) is 2.39. The molecule has 0 fully saturated rings. The minimum atomic E-state index is -0.149. The van der Waals surface area contributed by atoms with Crippen molar-refractivity contribution in [2.75, 3.05) is 13.7 Å². The summed E-state index contributed by atoms with van der Waals surface area (Å²) >= 11 is 0. The van der Waals surface area contributed by atoms with Gasteiger partial charge in [-0.2, -0.15) is 0 Å². The monoisotopic (exact) mass is 271 g/mol. The molecule has 0 aromatic heterocycles. The smallest absolute Gasteiger partial charge is 0.305 e. The van der Waals surface area contributed by atoms with Crippen LogP contribution in [0.4, 0.5) is 0 Å². The molecule has 2 aromatic rings. The second-order valence-corrected chi connectivity index (χ2v) is 4.92. The van der Waals surface area contributed by atoms with E-state index in [0.717, 1.165) is 13.0 Å². The van der Waals surface area contributed by atoms with Crippen LogP contribution in [0.3, 0.4) is 0 Å². The molecule has 0 bridgehead atoms. The van der Waals surface area contributed by atoms with Gasteiger partial charge in [-0.25, -0.2) is 0 Å². The van der Waals surface area contributed by atoms with E-state index in [1.54, 1.807) is 0 Å². The number of methoxy groups -OCH3 is 1. The highest BCUT2D eigenvalue weighted by molar-refractivity contribution is 5.86. The van der Waals surface area contributed by atoms with Crippen LogP contribution >= 0.6 is 0 Å². The second kappa shape index (κ2) is 7.06. The van der Waals surface area contributed by atoms with E-state index in [2.05, 4.69) is 59.4 Å². The SMILES string of the molecule is COC(=O)CCCNC(C)c1cccc2ccccc12. The quantitative estimate of drug-likeness (QED) is 0.646. The Hall–Kier alpha value is -1.87. The number of nitrogens with one attached hydrogen (secondary N) is 1. The minimum Gasteiger partial charge on any atom is -0.469 e. The zero-order valence-corrected chi connectivity index (χ0v) is 12.1. The molecular formula is C17H21NO2. The molecule has 1 unspecified atom stereocenters. The van der Waals surface area contributed by atoms with Gasteiger partial charge in [-0.15, -0.1) is 0 Å². The van der Waals surface area contributed by atoms with E-state index in [4.69, 9.17) is 0 Å². The van der Waals surface area contributed by atoms with Crippen LogP contribution in [0.1, 0.15) is 31.4 Å². The summed E-state index contributed by atoms with van der Waals surface area (Å²) in [5.41, 5.74) is 1.29. The van der Waals surface area contributed by atoms with Gasteiger partial charge in [0, 0.05) is 12.5 Å². The van der Waals surface area contributed by atoms with Gasteiger partial charge in [0.25, 0.3) is 0 Å². The minimum absolute atomic E-state index is 0.149. The molecule has 106 valence electrons. The second-order valence-electron chi connectivity index (χ2n) is 4.92. The molecule has 0 spiro atoms.